The molecule has 142 valence electrons. The molecule has 0 radical (unpaired) electrons. The number of nitrogens with one attached hydrogen (secondary N) is 1. The van der Waals surface area contributed by atoms with Crippen LogP contribution < -0.4 is 10.1 Å². The minimum absolute atomic E-state index is 0.00663. The Morgan fingerprint density at radius 3 is 2.59 bits per heavy atom. The fourth-order valence-electron chi connectivity index (χ4n) is 3.07. The van der Waals surface area contributed by atoms with Gasteiger partial charge in [-0.25, -0.2) is 0 Å². The molecule has 1 amide bonds. The lowest BCUT2D eigenvalue weighted by atomic mass is 10.0. The van der Waals surface area contributed by atoms with E-state index in [2.05, 4.69) is 5.32 Å². The van der Waals surface area contributed by atoms with Gasteiger partial charge in [0.25, 0.3) is 5.91 Å². The number of hydrogen-bond donors (Lipinski definition) is 1. The van der Waals surface area contributed by atoms with Crippen LogP contribution in [-0.4, -0.2) is 24.1 Å². The van der Waals surface area contributed by atoms with Crippen molar-refractivity contribution in [3.05, 3.63) is 64.7 Å². The van der Waals surface area contributed by atoms with Crippen molar-refractivity contribution in [2.24, 2.45) is 0 Å². The van der Waals surface area contributed by atoms with E-state index in [1.54, 1.807) is 32.0 Å². The highest BCUT2D eigenvalue weighted by atomic mass is 35.5. The molecule has 5 nitrogen and oxygen atoms in total. The average molecular weight is 388 g/mol. The van der Waals surface area contributed by atoms with Gasteiger partial charge in [-0.1, -0.05) is 48.0 Å². The van der Waals surface area contributed by atoms with Crippen molar-refractivity contribution in [3.63, 3.8) is 0 Å². The Balaban J connectivity index is 1.74. The minimum Gasteiger partial charge on any atom is -0.480 e. The third-order valence-electron chi connectivity index (χ3n) is 4.27. The standard InChI is InChI=1S/C21H22ClNO4/c1-13(2)26-20(24)12-17(15-8-4-5-9-16(15)22)23-21(25)19-11-14-7-3-6-10-18(14)27-19/h3-10,13,17,19H,11-12H2,1-2H3,(H,23,25)/t17-,19-/m1/s1. The summed E-state index contributed by atoms with van der Waals surface area (Å²) in [6.07, 6.45) is -0.373. The molecule has 2 atom stereocenters. The van der Waals surface area contributed by atoms with Crippen molar-refractivity contribution in [2.45, 2.75) is 44.9 Å². The molecule has 0 bridgehead atoms. The molecule has 2 aromatic carbocycles. The maximum atomic E-state index is 12.8. The fraction of sp³-hybridized carbons (Fsp3) is 0.333. The summed E-state index contributed by atoms with van der Waals surface area (Å²) in [7, 11) is 0. The quantitative estimate of drug-likeness (QED) is 0.765. The normalized spacial score (nSPS) is 16.4. The van der Waals surface area contributed by atoms with E-state index in [-0.39, 0.29) is 18.4 Å². The number of halogens is 1. The second kappa shape index (κ2) is 8.44. The van der Waals surface area contributed by atoms with Gasteiger partial charge in [0.2, 0.25) is 0 Å². The van der Waals surface area contributed by atoms with Gasteiger partial charge in [-0.05, 0) is 37.1 Å². The van der Waals surface area contributed by atoms with E-state index in [0.717, 1.165) is 5.56 Å². The van der Waals surface area contributed by atoms with Gasteiger partial charge >= 0.3 is 5.97 Å². The Kier molecular flexibility index (Phi) is 6.01. The number of para-hydroxylation sites is 1. The predicted molar refractivity (Wildman–Crippen MR) is 103 cm³/mol. The van der Waals surface area contributed by atoms with Crippen LogP contribution >= 0.6 is 11.6 Å². The molecule has 0 aliphatic carbocycles. The predicted octanol–water partition coefficient (Wildman–Crippen LogP) is 3.84. The average Bonchev–Trinajstić information content (AvgIpc) is 3.05. The molecule has 0 saturated carbocycles. The monoisotopic (exact) mass is 387 g/mol. The number of fused-ring (bicyclic) bond motifs is 1. The van der Waals surface area contributed by atoms with Gasteiger partial charge in [0.1, 0.15) is 5.75 Å². The van der Waals surface area contributed by atoms with Gasteiger partial charge in [-0.15, -0.1) is 0 Å². The zero-order valence-electron chi connectivity index (χ0n) is 15.3. The molecule has 1 aliphatic heterocycles. The lowest BCUT2D eigenvalue weighted by Crippen LogP contribution is -2.40. The van der Waals surface area contributed by atoms with E-state index in [0.29, 0.717) is 22.8 Å². The Bertz CT molecular complexity index is 811. The van der Waals surface area contributed by atoms with Crippen molar-refractivity contribution in [1.29, 1.82) is 0 Å². The van der Waals surface area contributed by atoms with Gasteiger partial charge in [-0.2, -0.15) is 0 Å². The second-order valence-corrected chi connectivity index (χ2v) is 7.15. The number of benzene rings is 2. The van der Waals surface area contributed by atoms with Crippen molar-refractivity contribution < 1.29 is 19.1 Å². The number of esters is 1. The number of hydrogen-bond acceptors (Lipinski definition) is 4. The highest BCUT2D eigenvalue weighted by Crippen LogP contribution is 2.30. The summed E-state index contributed by atoms with van der Waals surface area (Å²) in [6, 6.07) is 14.1. The topological polar surface area (TPSA) is 64.6 Å². The molecule has 1 aliphatic rings. The van der Waals surface area contributed by atoms with Crippen LogP contribution in [0.5, 0.6) is 5.75 Å². The van der Waals surface area contributed by atoms with E-state index >= 15 is 0 Å². The van der Waals surface area contributed by atoms with E-state index in [9.17, 15) is 9.59 Å². The zero-order chi connectivity index (χ0) is 19.4. The largest absolute Gasteiger partial charge is 0.480 e. The molecule has 1 heterocycles. The van der Waals surface area contributed by atoms with E-state index in [1.165, 1.54) is 0 Å². The Labute approximate surface area is 163 Å². The molecule has 27 heavy (non-hydrogen) atoms. The first kappa shape index (κ1) is 19.2. The van der Waals surface area contributed by atoms with Crippen molar-refractivity contribution in [1.82, 2.24) is 5.32 Å². The van der Waals surface area contributed by atoms with Crippen LogP contribution in [0.3, 0.4) is 0 Å². The first-order valence-corrected chi connectivity index (χ1v) is 9.30. The molecule has 0 spiro atoms. The first-order valence-electron chi connectivity index (χ1n) is 8.93. The van der Waals surface area contributed by atoms with Crippen LogP contribution in [0.25, 0.3) is 0 Å². The Morgan fingerprint density at radius 1 is 1.19 bits per heavy atom. The van der Waals surface area contributed by atoms with Crippen molar-refractivity contribution in [3.8, 4) is 5.75 Å². The number of rotatable bonds is 6. The smallest absolute Gasteiger partial charge is 0.308 e. The minimum atomic E-state index is -0.631. The van der Waals surface area contributed by atoms with Crippen LogP contribution in [0.4, 0.5) is 0 Å². The fourth-order valence-corrected chi connectivity index (χ4v) is 3.33. The molecule has 2 aromatic rings. The summed E-state index contributed by atoms with van der Waals surface area (Å²) in [6.45, 7) is 3.56. The van der Waals surface area contributed by atoms with E-state index < -0.39 is 18.1 Å². The third-order valence-corrected chi connectivity index (χ3v) is 4.62. The van der Waals surface area contributed by atoms with Crippen molar-refractivity contribution >= 4 is 23.5 Å². The molecule has 0 aromatic heterocycles. The van der Waals surface area contributed by atoms with Crippen LogP contribution in [0, 0.1) is 0 Å². The van der Waals surface area contributed by atoms with Crippen LogP contribution in [0.1, 0.15) is 37.4 Å². The number of ether oxygens (including phenoxy) is 2. The second-order valence-electron chi connectivity index (χ2n) is 6.74. The number of carbonyl (C=O) groups excluding carboxylic acids is 2. The molecule has 0 fully saturated rings. The van der Waals surface area contributed by atoms with Crippen molar-refractivity contribution in [2.75, 3.05) is 0 Å². The number of carbonyl (C=O) groups is 2. The molecule has 0 unspecified atom stereocenters. The Morgan fingerprint density at radius 2 is 1.89 bits per heavy atom. The summed E-state index contributed by atoms with van der Waals surface area (Å²) >= 11 is 6.29. The van der Waals surface area contributed by atoms with Gasteiger partial charge in [0.15, 0.2) is 6.10 Å². The highest BCUT2D eigenvalue weighted by Gasteiger charge is 2.31. The summed E-state index contributed by atoms with van der Waals surface area (Å²) < 4.78 is 11.0. The van der Waals surface area contributed by atoms with Gasteiger partial charge < -0.3 is 14.8 Å². The molecule has 3 rings (SSSR count). The molecule has 0 saturated heterocycles. The SMILES string of the molecule is CC(C)OC(=O)C[C@@H](NC(=O)[C@H]1Cc2ccccc2O1)c1ccccc1Cl. The van der Waals surface area contributed by atoms with Gasteiger partial charge in [0.05, 0.1) is 18.6 Å². The zero-order valence-corrected chi connectivity index (χ0v) is 16.0. The maximum absolute atomic E-state index is 12.8. The molecule has 1 N–H and O–H groups in total. The number of amides is 1. The maximum Gasteiger partial charge on any atom is 0.308 e. The van der Waals surface area contributed by atoms with E-state index in [1.807, 2.05) is 30.3 Å². The highest BCUT2D eigenvalue weighted by molar-refractivity contribution is 6.31. The molecular weight excluding hydrogens is 366 g/mol. The van der Waals surface area contributed by atoms with Gasteiger partial charge in [0, 0.05) is 11.4 Å². The third kappa shape index (κ3) is 4.80. The van der Waals surface area contributed by atoms with Crippen LogP contribution in [0.15, 0.2) is 48.5 Å². The Hall–Kier alpha value is -2.53. The summed E-state index contributed by atoms with van der Waals surface area (Å²) in [5.41, 5.74) is 1.66. The summed E-state index contributed by atoms with van der Waals surface area (Å²) in [4.78, 5) is 25.0. The summed E-state index contributed by atoms with van der Waals surface area (Å²) in [5.74, 6) is 0.0328. The molecular formula is C21H22ClNO4. The first-order chi connectivity index (χ1) is 12.9. The summed E-state index contributed by atoms with van der Waals surface area (Å²) in [5, 5.41) is 3.39. The lowest BCUT2D eigenvalue weighted by molar-refractivity contribution is -0.148. The van der Waals surface area contributed by atoms with Gasteiger partial charge in [-0.3, -0.25) is 9.59 Å². The van der Waals surface area contributed by atoms with Crippen LogP contribution in [0.2, 0.25) is 5.02 Å². The van der Waals surface area contributed by atoms with Crippen LogP contribution in [-0.2, 0) is 20.7 Å². The molecule has 6 heteroatoms. The van der Waals surface area contributed by atoms with E-state index in [4.69, 9.17) is 21.1 Å². The lowest BCUT2D eigenvalue weighted by Gasteiger charge is -2.22.